The van der Waals surface area contributed by atoms with E-state index >= 15 is 0 Å². The van der Waals surface area contributed by atoms with Gasteiger partial charge in [-0.2, -0.15) is 0 Å². The second kappa shape index (κ2) is 7.09. The largest absolute Gasteiger partial charge is 0.733 e. The van der Waals surface area contributed by atoms with Crippen LogP contribution in [0.4, 0.5) is 5.69 Å². The van der Waals surface area contributed by atoms with Gasteiger partial charge in [-0.1, -0.05) is 26.2 Å². The van der Waals surface area contributed by atoms with Crippen molar-refractivity contribution in [3.05, 3.63) is 29.5 Å². The van der Waals surface area contributed by atoms with Gasteiger partial charge in [0.15, 0.2) is 0 Å². The van der Waals surface area contributed by atoms with Crippen LogP contribution in [-0.2, 0) is 0 Å². The topological polar surface area (TPSA) is 55.8 Å². The van der Waals surface area contributed by atoms with Crippen LogP contribution in [0.1, 0.15) is 32.6 Å². The molecule has 0 saturated carbocycles. The van der Waals surface area contributed by atoms with E-state index in [0.29, 0.717) is 6.61 Å². The van der Waals surface area contributed by atoms with Crippen molar-refractivity contribution < 1.29 is 9.94 Å². The zero-order valence-corrected chi connectivity index (χ0v) is 9.56. The Morgan fingerprint density at radius 1 is 1.19 bits per heavy atom. The lowest BCUT2D eigenvalue weighted by molar-refractivity contribution is 0.295. The highest BCUT2D eigenvalue weighted by molar-refractivity contribution is 5.47. The molecule has 0 aliphatic rings. The highest BCUT2D eigenvalue weighted by Gasteiger charge is 1.95. The Morgan fingerprint density at radius 2 is 1.88 bits per heavy atom. The average Bonchev–Trinajstić information content (AvgIpc) is 2.29. The Morgan fingerprint density at radius 3 is 2.44 bits per heavy atom. The fraction of sp³-hybridized carbons (Fsp3) is 0.500. The summed E-state index contributed by atoms with van der Waals surface area (Å²) in [5, 5.41) is 19.0. The molecule has 0 fully saturated rings. The smallest absolute Gasteiger partial charge is 0.119 e. The molecule has 0 aliphatic carbocycles. The van der Waals surface area contributed by atoms with Gasteiger partial charge in [-0.25, -0.2) is 0 Å². The van der Waals surface area contributed by atoms with Gasteiger partial charge in [0.2, 0.25) is 0 Å². The van der Waals surface area contributed by atoms with Crippen LogP contribution in [-0.4, -0.2) is 11.8 Å². The fourth-order valence-electron chi connectivity index (χ4n) is 1.39. The van der Waals surface area contributed by atoms with Crippen molar-refractivity contribution in [3.8, 4) is 5.75 Å². The van der Waals surface area contributed by atoms with Gasteiger partial charge in [-0.3, -0.25) is 5.21 Å². The summed E-state index contributed by atoms with van der Waals surface area (Å²) in [6.45, 7) is 2.86. The highest BCUT2D eigenvalue weighted by Crippen LogP contribution is 2.17. The number of nitrogens with zero attached hydrogens (tertiary/aromatic N) is 1. The third-order valence-corrected chi connectivity index (χ3v) is 2.32. The molecular formula is C12H18NO3-. The van der Waals surface area contributed by atoms with Gasteiger partial charge in [0.1, 0.15) is 5.75 Å². The molecule has 0 spiro atoms. The summed E-state index contributed by atoms with van der Waals surface area (Å²) < 4.78 is 5.49. The maximum Gasteiger partial charge on any atom is 0.119 e. The lowest BCUT2D eigenvalue weighted by atomic mass is 10.2. The molecule has 16 heavy (non-hydrogen) atoms. The fourth-order valence-corrected chi connectivity index (χ4v) is 1.39. The number of ether oxygens (including phenoxy) is 1. The first-order chi connectivity index (χ1) is 7.74. The number of benzene rings is 1. The molecule has 1 aromatic carbocycles. The summed E-state index contributed by atoms with van der Waals surface area (Å²) in [5.74, 6) is 0.724. The molecule has 4 nitrogen and oxygen atoms in total. The zero-order chi connectivity index (χ0) is 11.8. The van der Waals surface area contributed by atoms with Gasteiger partial charge in [-0.15, -0.1) is 0 Å². The van der Waals surface area contributed by atoms with Crippen molar-refractivity contribution in [1.82, 2.24) is 0 Å². The molecule has 1 rings (SSSR count). The molecule has 0 unspecified atom stereocenters. The van der Waals surface area contributed by atoms with E-state index in [9.17, 15) is 5.21 Å². The van der Waals surface area contributed by atoms with Gasteiger partial charge in [0.25, 0.3) is 0 Å². The molecular weight excluding hydrogens is 206 g/mol. The minimum atomic E-state index is -0.162. The van der Waals surface area contributed by atoms with Crippen molar-refractivity contribution >= 4 is 5.69 Å². The number of hydrogen-bond donors (Lipinski definition) is 1. The van der Waals surface area contributed by atoms with Crippen LogP contribution in [0.5, 0.6) is 5.75 Å². The monoisotopic (exact) mass is 224 g/mol. The van der Waals surface area contributed by atoms with E-state index in [-0.39, 0.29) is 10.9 Å². The van der Waals surface area contributed by atoms with Crippen molar-refractivity contribution in [1.29, 1.82) is 0 Å². The van der Waals surface area contributed by atoms with Gasteiger partial charge < -0.3 is 15.2 Å². The molecule has 0 saturated heterocycles. The Hall–Kier alpha value is -1.26. The van der Waals surface area contributed by atoms with Crippen molar-refractivity contribution in [2.75, 3.05) is 11.8 Å². The second-order valence-corrected chi connectivity index (χ2v) is 3.68. The highest BCUT2D eigenvalue weighted by atomic mass is 16.8. The van der Waals surface area contributed by atoms with Crippen molar-refractivity contribution in [2.45, 2.75) is 32.6 Å². The van der Waals surface area contributed by atoms with E-state index in [4.69, 9.17) is 9.94 Å². The SMILES string of the molecule is CCCCCCOc1ccc(N([O-])O)cc1. The molecule has 0 radical (unpaired) electrons. The minimum Gasteiger partial charge on any atom is -0.733 e. The lowest BCUT2D eigenvalue weighted by Gasteiger charge is -2.21. The maximum absolute atomic E-state index is 10.5. The Kier molecular flexibility index (Phi) is 5.67. The number of rotatable bonds is 7. The summed E-state index contributed by atoms with van der Waals surface area (Å²) in [7, 11) is 0. The predicted octanol–water partition coefficient (Wildman–Crippen LogP) is 3.34. The average molecular weight is 224 g/mol. The van der Waals surface area contributed by atoms with Crippen LogP contribution in [0.2, 0.25) is 0 Å². The quantitative estimate of drug-likeness (QED) is 0.570. The van der Waals surface area contributed by atoms with Crippen molar-refractivity contribution in [2.24, 2.45) is 0 Å². The van der Waals surface area contributed by atoms with E-state index in [1.165, 1.54) is 31.4 Å². The summed E-state index contributed by atoms with van der Waals surface area (Å²) in [6, 6.07) is 6.40. The first-order valence-corrected chi connectivity index (χ1v) is 5.63. The van der Waals surface area contributed by atoms with Crippen LogP contribution in [0.25, 0.3) is 0 Å². The molecule has 1 aromatic rings. The van der Waals surface area contributed by atoms with Crippen LogP contribution in [0, 0.1) is 5.21 Å². The van der Waals surface area contributed by atoms with Gasteiger partial charge in [0, 0.05) is 0 Å². The standard InChI is InChI=1S/C12H18NO3/c1-2-3-4-5-10-16-12-8-6-11(7-9-12)13(14)15/h6-9,14H,2-5,10H2,1H3/q-1. The van der Waals surface area contributed by atoms with Gasteiger partial charge in [0.05, 0.1) is 12.3 Å². The predicted molar refractivity (Wildman–Crippen MR) is 63.7 cm³/mol. The maximum atomic E-state index is 10.5. The van der Waals surface area contributed by atoms with E-state index in [1.807, 2.05) is 0 Å². The molecule has 0 atom stereocenters. The molecule has 0 aromatic heterocycles. The third kappa shape index (κ3) is 4.51. The number of anilines is 1. The van der Waals surface area contributed by atoms with E-state index in [2.05, 4.69) is 6.92 Å². The minimum absolute atomic E-state index is 0.162. The van der Waals surface area contributed by atoms with E-state index in [1.54, 1.807) is 12.1 Å². The Bertz CT molecular complexity index is 285. The number of hydrogen-bond acceptors (Lipinski definition) is 4. The van der Waals surface area contributed by atoms with Crippen LogP contribution in [0.15, 0.2) is 24.3 Å². The first kappa shape index (κ1) is 12.8. The van der Waals surface area contributed by atoms with E-state index < -0.39 is 0 Å². The molecule has 0 heterocycles. The Labute approximate surface area is 96.0 Å². The van der Waals surface area contributed by atoms with Gasteiger partial charge in [-0.05, 0) is 30.7 Å². The summed E-state index contributed by atoms with van der Waals surface area (Å²) >= 11 is 0. The van der Waals surface area contributed by atoms with Crippen molar-refractivity contribution in [3.63, 3.8) is 0 Å². The normalized spacial score (nSPS) is 10.2. The number of unbranched alkanes of at least 4 members (excludes halogenated alkanes) is 3. The summed E-state index contributed by atoms with van der Waals surface area (Å²) in [6.07, 6.45) is 4.67. The van der Waals surface area contributed by atoms with Crippen LogP contribution < -0.4 is 9.96 Å². The molecule has 0 bridgehead atoms. The van der Waals surface area contributed by atoms with Gasteiger partial charge >= 0.3 is 0 Å². The molecule has 1 N–H and O–H groups in total. The van der Waals surface area contributed by atoms with Crippen LogP contribution in [0.3, 0.4) is 0 Å². The Balaban J connectivity index is 2.27. The third-order valence-electron chi connectivity index (χ3n) is 2.32. The van der Waals surface area contributed by atoms with E-state index in [0.717, 1.165) is 12.2 Å². The zero-order valence-electron chi connectivity index (χ0n) is 9.56. The molecule has 90 valence electrons. The lowest BCUT2D eigenvalue weighted by Crippen LogP contribution is -2.06. The first-order valence-electron chi connectivity index (χ1n) is 5.63. The second-order valence-electron chi connectivity index (χ2n) is 3.68. The van der Waals surface area contributed by atoms with Crippen LogP contribution >= 0.6 is 0 Å². The molecule has 0 aliphatic heterocycles. The summed E-state index contributed by atoms with van der Waals surface area (Å²) in [5.41, 5.74) is 0.207. The molecule has 0 amide bonds. The molecule has 4 heteroatoms. The summed E-state index contributed by atoms with van der Waals surface area (Å²) in [4.78, 5) is 0.